The fourth-order valence-electron chi connectivity index (χ4n) is 3.16. The van der Waals surface area contributed by atoms with Crippen LogP contribution in [-0.4, -0.2) is 35.8 Å². The van der Waals surface area contributed by atoms with Gasteiger partial charge in [0.25, 0.3) is 5.91 Å². The number of likely N-dealkylation sites (tertiary alicyclic amines) is 1. The Labute approximate surface area is 144 Å². The summed E-state index contributed by atoms with van der Waals surface area (Å²) in [5.41, 5.74) is 1.27. The molecular formula is C20H26N2O2. The second-order valence-electron chi connectivity index (χ2n) is 6.90. The highest BCUT2D eigenvalue weighted by molar-refractivity contribution is 5.91. The average Bonchev–Trinajstić information content (AvgIpc) is 3.04. The largest absolute Gasteiger partial charge is 0.455 e. The van der Waals surface area contributed by atoms with Gasteiger partial charge in [0.05, 0.1) is 6.54 Å². The van der Waals surface area contributed by atoms with Crippen LogP contribution in [0.5, 0.6) is 0 Å². The van der Waals surface area contributed by atoms with Crippen molar-refractivity contribution in [3.8, 4) is 0 Å². The van der Waals surface area contributed by atoms with Crippen LogP contribution < -0.4 is 0 Å². The molecule has 2 aromatic rings. The Bertz CT molecular complexity index is 657. The van der Waals surface area contributed by atoms with Gasteiger partial charge < -0.3 is 9.32 Å². The summed E-state index contributed by atoms with van der Waals surface area (Å²) in [4.78, 5) is 16.6. The van der Waals surface area contributed by atoms with E-state index in [4.69, 9.17) is 4.42 Å². The summed E-state index contributed by atoms with van der Waals surface area (Å²) in [6, 6.07) is 14.1. The Morgan fingerprint density at radius 3 is 2.54 bits per heavy atom. The first-order valence-electron chi connectivity index (χ1n) is 8.72. The van der Waals surface area contributed by atoms with Crippen molar-refractivity contribution in [1.29, 1.82) is 0 Å². The molecular weight excluding hydrogens is 300 g/mol. The third kappa shape index (κ3) is 4.26. The van der Waals surface area contributed by atoms with Crippen LogP contribution in [0.3, 0.4) is 0 Å². The molecule has 1 fully saturated rings. The summed E-state index contributed by atoms with van der Waals surface area (Å²) in [5.74, 6) is 2.04. The van der Waals surface area contributed by atoms with E-state index in [1.165, 1.54) is 5.56 Å². The van der Waals surface area contributed by atoms with Crippen molar-refractivity contribution in [3.05, 3.63) is 59.5 Å². The molecule has 3 rings (SSSR count). The number of carbonyl (C=O) groups excluding carboxylic acids is 1. The Balaban J connectivity index is 1.56. The van der Waals surface area contributed by atoms with E-state index in [0.29, 0.717) is 18.2 Å². The molecule has 1 aromatic heterocycles. The van der Waals surface area contributed by atoms with Crippen molar-refractivity contribution >= 4 is 5.91 Å². The minimum atomic E-state index is 0.0267. The molecule has 0 spiro atoms. The van der Waals surface area contributed by atoms with E-state index in [2.05, 4.69) is 31.0 Å². The van der Waals surface area contributed by atoms with Gasteiger partial charge in [0.15, 0.2) is 5.76 Å². The van der Waals surface area contributed by atoms with E-state index >= 15 is 0 Å². The molecule has 0 atom stereocenters. The van der Waals surface area contributed by atoms with Crippen molar-refractivity contribution in [2.75, 3.05) is 20.1 Å². The molecule has 4 heteroatoms. The molecule has 0 N–H and O–H groups in total. The van der Waals surface area contributed by atoms with Gasteiger partial charge in [-0.15, -0.1) is 0 Å². The average molecular weight is 326 g/mol. The summed E-state index contributed by atoms with van der Waals surface area (Å²) in [7, 11) is 2.06. The fourth-order valence-corrected chi connectivity index (χ4v) is 3.16. The van der Waals surface area contributed by atoms with E-state index in [9.17, 15) is 4.79 Å². The van der Waals surface area contributed by atoms with Crippen molar-refractivity contribution in [2.45, 2.75) is 32.9 Å². The van der Waals surface area contributed by atoms with Gasteiger partial charge in [-0.2, -0.15) is 0 Å². The molecule has 2 heterocycles. The highest BCUT2D eigenvalue weighted by atomic mass is 16.4. The fraction of sp³-hybridized carbons (Fsp3) is 0.450. The normalized spacial score (nSPS) is 15.9. The number of piperidine rings is 1. The summed E-state index contributed by atoms with van der Waals surface area (Å²) in [5, 5.41) is 0. The topological polar surface area (TPSA) is 36.7 Å². The van der Waals surface area contributed by atoms with Gasteiger partial charge in [-0.25, -0.2) is 0 Å². The molecule has 1 aliphatic heterocycles. The number of hydrogen-bond acceptors (Lipinski definition) is 3. The van der Waals surface area contributed by atoms with Crippen LogP contribution in [0.2, 0.25) is 0 Å². The number of rotatable bonds is 5. The molecule has 1 aliphatic rings. The molecule has 1 aromatic carbocycles. The lowest BCUT2D eigenvalue weighted by Crippen LogP contribution is -2.37. The Morgan fingerprint density at radius 2 is 1.83 bits per heavy atom. The van der Waals surface area contributed by atoms with Crippen molar-refractivity contribution in [1.82, 2.24) is 9.80 Å². The Kier molecular flexibility index (Phi) is 5.36. The number of hydrogen-bond donors (Lipinski definition) is 0. The minimum absolute atomic E-state index is 0.0267. The summed E-state index contributed by atoms with van der Waals surface area (Å²) in [6.45, 7) is 5.47. The lowest BCUT2D eigenvalue weighted by Gasteiger charge is -2.29. The number of amides is 1. The first-order valence-corrected chi connectivity index (χ1v) is 8.72. The van der Waals surface area contributed by atoms with Crippen molar-refractivity contribution in [2.24, 2.45) is 5.92 Å². The molecule has 4 nitrogen and oxygen atoms in total. The van der Waals surface area contributed by atoms with Crippen LogP contribution in [0.1, 0.15) is 41.6 Å². The first-order chi connectivity index (χ1) is 11.6. The lowest BCUT2D eigenvalue weighted by molar-refractivity contribution is 0.0661. The monoisotopic (exact) mass is 326 g/mol. The molecule has 128 valence electrons. The van der Waals surface area contributed by atoms with Crippen LogP contribution in [0.25, 0.3) is 0 Å². The second kappa shape index (κ2) is 7.67. The summed E-state index contributed by atoms with van der Waals surface area (Å²) in [6.07, 6.45) is 2.16. The second-order valence-corrected chi connectivity index (χ2v) is 6.90. The lowest BCUT2D eigenvalue weighted by atomic mass is 9.99. The molecule has 24 heavy (non-hydrogen) atoms. The van der Waals surface area contributed by atoms with Gasteiger partial charge in [-0.05, 0) is 43.5 Å². The van der Waals surface area contributed by atoms with Gasteiger partial charge in [0.1, 0.15) is 5.76 Å². The molecule has 1 saturated heterocycles. The van der Waals surface area contributed by atoms with Crippen LogP contribution in [0.4, 0.5) is 0 Å². The molecule has 0 aliphatic carbocycles. The molecule has 1 amide bonds. The van der Waals surface area contributed by atoms with E-state index in [-0.39, 0.29) is 5.91 Å². The number of carbonyl (C=O) groups is 1. The molecule has 0 unspecified atom stereocenters. The predicted octanol–water partition coefficient (Wildman–Crippen LogP) is 3.78. The van der Waals surface area contributed by atoms with Crippen LogP contribution in [0.15, 0.2) is 46.9 Å². The third-order valence-corrected chi connectivity index (χ3v) is 4.66. The van der Waals surface area contributed by atoms with Gasteiger partial charge in [-0.3, -0.25) is 9.69 Å². The van der Waals surface area contributed by atoms with E-state index in [0.717, 1.165) is 38.2 Å². The van der Waals surface area contributed by atoms with Gasteiger partial charge in [-0.1, -0.05) is 37.3 Å². The number of nitrogens with zero attached hydrogens (tertiary/aromatic N) is 2. The zero-order valence-electron chi connectivity index (χ0n) is 14.6. The van der Waals surface area contributed by atoms with Gasteiger partial charge in [0, 0.05) is 19.6 Å². The highest BCUT2D eigenvalue weighted by Crippen LogP contribution is 2.20. The summed E-state index contributed by atoms with van der Waals surface area (Å²) < 4.78 is 5.80. The van der Waals surface area contributed by atoms with Gasteiger partial charge >= 0.3 is 0 Å². The summed E-state index contributed by atoms with van der Waals surface area (Å²) >= 11 is 0. The SMILES string of the molecule is CC1CCN(C(=O)c2ccc(CN(C)Cc3ccccc3)o2)CC1. The zero-order chi connectivity index (χ0) is 16.9. The Hall–Kier alpha value is -2.07. The molecule has 0 radical (unpaired) electrons. The van der Waals surface area contributed by atoms with Crippen molar-refractivity contribution in [3.63, 3.8) is 0 Å². The zero-order valence-corrected chi connectivity index (χ0v) is 14.6. The number of furan rings is 1. The maximum absolute atomic E-state index is 12.5. The first kappa shape index (κ1) is 16.8. The van der Waals surface area contributed by atoms with Crippen molar-refractivity contribution < 1.29 is 9.21 Å². The Morgan fingerprint density at radius 1 is 1.12 bits per heavy atom. The quantitative estimate of drug-likeness (QED) is 0.839. The smallest absolute Gasteiger partial charge is 0.289 e. The van der Waals surface area contributed by atoms with Crippen LogP contribution in [0, 0.1) is 5.92 Å². The standard InChI is InChI=1S/C20H26N2O2/c1-16-10-12-22(13-11-16)20(23)19-9-8-18(24-19)15-21(2)14-17-6-4-3-5-7-17/h3-9,16H,10-15H2,1-2H3. The van der Waals surface area contributed by atoms with Gasteiger partial charge in [0.2, 0.25) is 0 Å². The third-order valence-electron chi connectivity index (χ3n) is 4.66. The molecule has 0 bridgehead atoms. The highest BCUT2D eigenvalue weighted by Gasteiger charge is 2.23. The van der Waals surface area contributed by atoms with Crippen LogP contribution >= 0.6 is 0 Å². The number of benzene rings is 1. The minimum Gasteiger partial charge on any atom is -0.455 e. The maximum atomic E-state index is 12.5. The van der Waals surface area contributed by atoms with Crippen LogP contribution in [-0.2, 0) is 13.1 Å². The van der Waals surface area contributed by atoms with E-state index in [1.54, 1.807) is 0 Å². The maximum Gasteiger partial charge on any atom is 0.289 e. The van der Waals surface area contributed by atoms with E-state index in [1.807, 2.05) is 35.2 Å². The molecule has 0 saturated carbocycles. The predicted molar refractivity (Wildman–Crippen MR) is 94.6 cm³/mol. The van der Waals surface area contributed by atoms with E-state index < -0.39 is 0 Å².